The predicted octanol–water partition coefficient (Wildman–Crippen LogP) is 3.08. The molecule has 0 saturated heterocycles. The van der Waals surface area contributed by atoms with E-state index in [9.17, 15) is 4.79 Å². The minimum Gasteiger partial charge on any atom is -0.468 e. The second kappa shape index (κ2) is 29.3. The van der Waals surface area contributed by atoms with E-state index >= 15 is 0 Å². The Kier molecular flexibility index (Phi) is 82.8. The van der Waals surface area contributed by atoms with Crippen molar-refractivity contribution in [1.29, 1.82) is 0 Å². The van der Waals surface area contributed by atoms with Gasteiger partial charge in [0, 0.05) is 6.67 Å². The van der Waals surface area contributed by atoms with E-state index in [-0.39, 0.29) is 57.1 Å². The van der Waals surface area contributed by atoms with Gasteiger partial charge in [-0.3, -0.25) is 15.0 Å². The summed E-state index contributed by atoms with van der Waals surface area (Å²) in [6.07, 6.45) is 0. The van der Waals surface area contributed by atoms with Gasteiger partial charge in [0.2, 0.25) is 0 Å². The summed E-state index contributed by atoms with van der Waals surface area (Å²) < 4.78 is 4.41. The maximum absolute atomic E-state index is 10.5. The quantitative estimate of drug-likeness (QED) is 0.607. The van der Waals surface area contributed by atoms with Crippen molar-refractivity contribution in [3.05, 3.63) is 0 Å². The van der Waals surface area contributed by atoms with Gasteiger partial charge in [-0.2, -0.15) is 0 Å². The monoisotopic (exact) mass is 242 g/mol. The summed E-state index contributed by atoms with van der Waals surface area (Å²) in [5, 5.41) is 2.89. The van der Waals surface area contributed by atoms with Gasteiger partial charge in [0.1, 0.15) is 0 Å². The van der Waals surface area contributed by atoms with Crippen molar-refractivity contribution in [2.75, 3.05) is 34.4 Å². The number of rotatable bonds is 4. The molecule has 0 aromatic heterocycles. The van der Waals surface area contributed by atoms with Crippen LogP contribution in [-0.2, 0) is 9.53 Å². The Labute approximate surface area is 105 Å². The van der Waals surface area contributed by atoms with Gasteiger partial charge in [0.05, 0.1) is 13.7 Å². The fourth-order valence-electron chi connectivity index (χ4n) is 0.454. The van der Waals surface area contributed by atoms with E-state index in [0.29, 0.717) is 6.67 Å². The molecule has 0 amide bonds. The molecule has 0 rings (SSSR count). The standard InChI is InChI=1S/C6H14N2O2.6CH4/c1-8(2)5-7-4-6(9)10-3;;;;;;/h7H,4-5H2,1-3H3;6*1H4. The highest BCUT2D eigenvalue weighted by Crippen LogP contribution is 1.71. The highest BCUT2D eigenvalue weighted by Gasteiger charge is 1.97. The molecule has 1 N–H and O–H groups in total. The van der Waals surface area contributed by atoms with E-state index < -0.39 is 0 Å². The van der Waals surface area contributed by atoms with Crippen molar-refractivity contribution in [3.63, 3.8) is 0 Å². The molecule has 0 aliphatic rings. The van der Waals surface area contributed by atoms with Gasteiger partial charge < -0.3 is 4.74 Å². The van der Waals surface area contributed by atoms with Crippen molar-refractivity contribution in [2.45, 2.75) is 44.6 Å². The fraction of sp³-hybridized carbons (Fsp3) is 0.917. The number of hydrogen-bond acceptors (Lipinski definition) is 4. The third-order valence-electron chi connectivity index (χ3n) is 0.925. The van der Waals surface area contributed by atoms with Crippen molar-refractivity contribution in [3.8, 4) is 0 Å². The van der Waals surface area contributed by atoms with Crippen LogP contribution in [-0.4, -0.2) is 45.3 Å². The lowest BCUT2D eigenvalue weighted by Crippen LogP contribution is -2.32. The predicted molar refractivity (Wildman–Crippen MR) is 79.0 cm³/mol. The lowest BCUT2D eigenvalue weighted by molar-refractivity contribution is -0.139. The maximum Gasteiger partial charge on any atom is 0.319 e. The number of nitrogens with zero attached hydrogens (tertiary/aromatic N) is 1. The van der Waals surface area contributed by atoms with Crippen LogP contribution in [0, 0.1) is 0 Å². The summed E-state index contributed by atoms with van der Waals surface area (Å²) in [4.78, 5) is 12.4. The van der Waals surface area contributed by atoms with Crippen LogP contribution in [0.25, 0.3) is 0 Å². The molecule has 0 heterocycles. The second-order valence-electron chi connectivity index (χ2n) is 2.24. The Bertz CT molecular complexity index is 107. The first kappa shape index (κ1) is 45.3. The van der Waals surface area contributed by atoms with Crippen molar-refractivity contribution >= 4 is 5.97 Å². The average molecular weight is 242 g/mol. The number of ether oxygens (including phenoxy) is 1. The van der Waals surface area contributed by atoms with Crippen LogP contribution in [0.3, 0.4) is 0 Å². The van der Waals surface area contributed by atoms with Gasteiger partial charge in [-0.05, 0) is 14.1 Å². The normalized spacial score (nSPS) is 6.25. The molecule has 4 nitrogen and oxygen atoms in total. The summed E-state index contributed by atoms with van der Waals surface area (Å²) in [5.41, 5.74) is 0. The van der Waals surface area contributed by atoms with Gasteiger partial charge in [0.25, 0.3) is 0 Å². The van der Waals surface area contributed by atoms with E-state index in [2.05, 4.69) is 10.1 Å². The molecule has 0 unspecified atom stereocenters. The zero-order chi connectivity index (χ0) is 7.98. The van der Waals surface area contributed by atoms with Gasteiger partial charge in [0.15, 0.2) is 0 Å². The molecule has 0 aliphatic carbocycles. The first-order valence-corrected chi connectivity index (χ1v) is 3.09. The summed E-state index contributed by atoms with van der Waals surface area (Å²) in [7, 11) is 5.22. The van der Waals surface area contributed by atoms with E-state index in [1.165, 1.54) is 7.11 Å². The van der Waals surface area contributed by atoms with Gasteiger partial charge in [-0.25, -0.2) is 0 Å². The van der Waals surface area contributed by atoms with Crippen LogP contribution < -0.4 is 5.32 Å². The van der Waals surface area contributed by atoms with Crippen molar-refractivity contribution < 1.29 is 9.53 Å². The van der Waals surface area contributed by atoms with Crippen LogP contribution in [0.5, 0.6) is 0 Å². The first-order chi connectivity index (χ1) is 4.66. The molecule has 0 bridgehead atoms. The number of esters is 1. The number of methoxy groups -OCH3 is 1. The van der Waals surface area contributed by atoms with E-state index in [1.54, 1.807) is 0 Å². The largest absolute Gasteiger partial charge is 0.468 e. The van der Waals surface area contributed by atoms with Crippen LogP contribution in [0.2, 0.25) is 0 Å². The lowest BCUT2D eigenvalue weighted by atomic mass is 10.6. The van der Waals surface area contributed by atoms with Crippen LogP contribution in [0.1, 0.15) is 44.6 Å². The minimum absolute atomic E-state index is 0. The fourth-order valence-corrected chi connectivity index (χ4v) is 0.454. The molecule has 0 aromatic rings. The highest BCUT2D eigenvalue weighted by molar-refractivity contribution is 5.71. The van der Waals surface area contributed by atoms with E-state index in [0.717, 1.165) is 0 Å². The highest BCUT2D eigenvalue weighted by atomic mass is 16.5. The zero-order valence-corrected chi connectivity index (χ0v) is 6.68. The van der Waals surface area contributed by atoms with Gasteiger partial charge in [-0.1, -0.05) is 44.6 Å². The Hall–Kier alpha value is -0.610. The summed E-state index contributed by atoms with van der Waals surface area (Å²) in [5.74, 6) is -0.234. The Balaban J connectivity index is -0.0000000270. The SMILES string of the molecule is C.C.C.C.C.C.COC(=O)CNCN(C)C. The van der Waals surface area contributed by atoms with Crippen LogP contribution in [0.15, 0.2) is 0 Å². The molecule has 0 aliphatic heterocycles. The summed E-state index contributed by atoms with van der Waals surface area (Å²) >= 11 is 0. The van der Waals surface area contributed by atoms with E-state index in [1.807, 2.05) is 19.0 Å². The molecule has 0 saturated carbocycles. The Morgan fingerprint density at radius 2 is 1.44 bits per heavy atom. The minimum atomic E-state index is -0.234. The van der Waals surface area contributed by atoms with Gasteiger partial charge in [-0.15, -0.1) is 0 Å². The Morgan fingerprint density at radius 3 is 1.69 bits per heavy atom. The van der Waals surface area contributed by atoms with Crippen LogP contribution >= 0.6 is 0 Å². The molecule has 0 radical (unpaired) electrons. The average Bonchev–Trinajstić information content (AvgIpc) is 1.87. The first-order valence-electron chi connectivity index (χ1n) is 3.09. The van der Waals surface area contributed by atoms with Crippen LogP contribution in [0.4, 0.5) is 0 Å². The van der Waals surface area contributed by atoms with Crippen molar-refractivity contribution in [2.24, 2.45) is 0 Å². The topological polar surface area (TPSA) is 41.6 Å². The molecule has 16 heavy (non-hydrogen) atoms. The smallest absolute Gasteiger partial charge is 0.319 e. The molecule has 0 spiro atoms. The zero-order valence-electron chi connectivity index (χ0n) is 6.68. The molecule has 108 valence electrons. The molecular formula is C12H38N2O2. The lowest BCUT2D eigenvalue weighted by Gasteiger charge is -2.09. The van der Waals surface area contributed by atoms with E-state index in [4.69, 9.17) is 0 Å². The second-order valence-corrected chi connectivity index (χ2v) is 2.24. The summed E-state index contributed by atoms with van der Waals surface area (Å²) in [6, 6.07) is 0. The molecular weight excluding hydrogens is 204 g/mol. The number of nitrogens with one attached hydrogen (secondary N) is 1. The summed E-state index contributed by atoms with van der Waals surface area (Å²) in [6.45, 7) is 0.962. The third kappa shape index (κ3) is 37.6. The number of carbonyl (C=O) groups is 1. The van der Waals surface area contributed by atoms with Gasteiger partial charge >= 0.3 is 5.97 Å². The molecule has 0 aromatic carbocycles. The Morgan fingerprint density at radius 1 is 1.06 bits per heavy atom. The maximum atomic E-state index is 10.5. The number of carbonyl (C=O) groups excluding carboxylic acids is 1. The molecule has 0 atom stereocenters. The molecule has 0 fully saturated rings. The van der Waals surface area contributed by atoms with Crippen molar-refractivity contribution in [1.82, 2.24) is 10.2 Å². The molecule has 4 heteroatoms. The third-order valence-corrected chi connectivity index (χ3v) is 0.925. The number of hydrogen-bond donors (Lipinski definition) is 1.